The van der Waals surface area contributed by atoms with Crippen molar-refractivity contribution in [2.24, 2.45) is 0 Å². The fourth-order valence-electron chi connectivity index (χ4n) is 5.15. The molecule has 0 bridgehead atoms. The molecule has 0 N–H and O–H groups in total. The molecule has 0 atom stereocenters. The maximum atomic E-state index is 6.43. The molecule has 190 valence electrons. The van der Waals surface area contributed by atoms with Gasteiger partial charge in [0, 0.05) is 28.6 Å². The van der Waals surface area contributed by atoms with Gasteiger partial charge < -0.3 is 4.74 Å². The predicted molar refractivity (Wildman–Crippen MR) is 167 cm³/mol. The summed E-state index contributed by atoms with van der Waals surface area (Å²) in [6, 6.07) is 41.6. The summed E-state index contributed by atoms with van der Waals surface area (Å²) in [6.45, 7) is 0. The molecule has 0 spiro atoms. The normalized spacial score (nSPS) is 11.5. The Labute approximate surface area is 238 Å². The quantitative estimate of drug-likeness (QED) is 0.214. The van der Waals surface area contributed by atoms with Gasteiger partial charge in [0.05, 0.1) is 26.1 Å². The minimum atomic E-state index is 0.774. The first kappa shape index (κ1) is 23.1. The number of ether oxygens (including phenoxy) is 1. The second kappa shape index (κ2) is 9.45. The average molecular weight is 552 g/mol. The van der Waals surface area contributed by atoms with Crippen molar-refractivity contribution in [3.8, 4) is 37.6 Å². The molecule has 0 radical (unpaired) electrons. The molecular weight excluding hydrogens is 531 g/mol. The summed E-state index contributed by atoms with van der Waals surface area (Å²) in [5.74, 6) is 1.55. The van der Waals surface area contributed by atoms with Crippen molar-refractivity contribution in [2.75, 3.05) is 0 Å². The summed E-state index contributed by atoms with van der Waals surface area (Å²) < 4.78 is 9.85. The highest BCUT2D eigenvalue weighted by Crippen LogP contribution is 2.38. The topological polar surface area (TPSA) is 39.9 Å². The highest BCUT2D eigenvalue weighted by atomic mass is 32.1. The van der Waals surface area contributed by atoms with Gasteiger partial charge in [-0.2, -0.15) is 0 Å². The first-order valence-electron chi connectivity index (χ1n) is 13.0. The van der Waals surface area contributed by atoms with E-state index in [4.69, 9.17) is 14.7 Å². The van der Waals surface area contributed by atoms with Crippen LogP contribution >= 0.6 is 22.7 Å². The van der Waals surface area contributed by atoms with Crippen LogP contribution in [0.4, 0.5) is 0 Å². The largest absolute Gasteiger partial charge is 0.457 e. The Morgan fingerprint density at radius 1 is 0.600 bits per heavy atom. The van der Waals surface area contributed by atoms with Crippen molar-refractivity contribution in [3.63, 3.8) is 0 Å². The Bertz CT molecular complexity index is 2120. The minimum Gasteiger partial charge on any atom is -0.457 e. The SMILES string of the molecule is c1ccc(-c2cnc(-c3cccc(Oc4ccc5c6ccccc6n(-c6nc7ccccc7s6)c5c4)c3)s2)cc1. The van der Waals surface area contributed by atoms with Crippen molar-refractivity contribution in [1.82, 2.24) is 14.5 Å². The Balaban J connectivity index is 1.18. The van der Waals surface area contributed by atoms with E-state index in [0.717, 1.165) is 48.6 Å². The van der Waals surface area contributed by atoms with Crippen LogP contribution in [0.5, 0.6) is 11.5 Å². The molecule has 6 heteroatoms. The third kappa shape index (κ3) is 3.97. The second-order valence-corrected chi connectivity index (χ2v) is 11.6. The molecule has 0 saturated heterocycles. The van der Waals surface area contributed by atoms with E-state index in [9.17, 15) is 0 Å². The minimum absolute atomic E-state index is 0.774. The molecule has 40 heavy (non-hydrogen) atoms. The number of nitrogens with zero attached hydrogens (tertiary/aromatic N) is 3. The van der Waals surface area contributed by atoms with Crippen molar-refractivity contribution in [3.05, 3.63) is 128 Å². The lowest BCUT2D eigenvalue weighted by atomic mass is 10.1. The van der Waals surface area contributed by atoms with E-state index >= 15 is 0 Å². The van der Waals surface area contributed by atoms with Crippen molar-refractivity contribution >= 4 is 54.7 Å². The van der Waals surface area contributed by atoms with Crippen LogP contribution in [0.15, 0.2) is 128 Å². The monoisotopic (exact) mass is 551 g/mol. The smallest absolute Gasteiger partial charge is 0.195 e. The zero-order valence-corrected chi connectivity index (χ0v) is 22.8. The third-order valence-corrected chi connectivity index (χ3v) is 9.12. The number of thiazole rings is 2. The van der Waals surface area contributed by atoms with Gasteiger partial charge in [-0.25, -0.2) is 9.97 Å². The van der Waals surface area contributed by atoms with E-state index in [0.29, 0.717) is 0 Å². The summed E-state index contributed by atoms with van der Waals surface area (Å²) in [4.78, 5) is 10.8. The molecule has 0 aliphatic heterocycles. The van der Waals surface area contributed by atoms with E-state index in [1.807, 2.05) is 36.5 Å². The molecule has 8 rings (SSSR count). The van der Waals surface area contributed by atoms with E-state index in [1.54, 1.807) is 22.7 Å². The number of fused-ring (bicyclic) bond motifs is 4. The Kier molecular flexibility index (Phi) is 5.47. The third-order valence-electron chi connectivity index (χ3n) is 7.00. The van der Waals surface area contributed by atoms with Crippen LogP contribution in [0.3, 0.4) is 0 Å². The molecule has 5 aromatic carbocycles. The van der Waals surface area contributed by atoms with Crippen molar-refractivity contribution in [2.45, 2.75) is 0 Å². The molecule has 3 heterocycles. The second-order valence-electron chi connectivity index (χ2n) is 9.52. The van der Waals surface area contributed by atoms with Gasteiger partial charge in [0.25, 0.3) is 0 Å². The maximum absolute atomic E-state index is 6.43. The molecule has 0 amide bonds. The lowest BCUT2D eigenvalue weighted by molar-refractivity contribution is 0.483. The molecule has 3 aromatic heterocycles. The summed E-state index contributed by atoms with van der Waals surface area (Å²) in [6.07, 6.45) is 1.94. The van der Waals surface area contributed by atoms with Crippen LogP contribution < -0.4 is 4.74 Å². The predicted octanol–water partition coefficient (Wildman–Crippen LogP) is 9.98. The summed E-state index contributed by atoms with van der Waals surface area (Å²) in [7, 11) is 0. The van der Waals surface area contributed by atoms with Gasteiger partial charge in [-0.15, -0.1) is 11.3 Å². The summed E-state index contributed by atoms with van der Waals surface area (Å²) in [5, 5.41) is 4.29. The zero-order chi connectivity index (χ0) is 26.5. The number of aromatic nitrogens is 3. The molecule has 4 nitrogen and oxygen atoms in total. The van der Waals surface area contributed by atoms with Crippen LogP contribution in [-0.4, -0.2) is 14.5 Å². The van der Waals surface area contributed by atoms with Crippen LogP contribution in [-0.2, 0) is 0 Å². The van der Waals surface area contributed by atoms with Crippen LogP contribution in [0, 0.1) is 0 Å². The van der Waals surface area contributed by atoms with Gasteiger partial charge in [0.2, 0.25) is 0 Å². The number of para-hydroxylation sites is 2. The Morgan fingerprint density at radius 2 is 1.38 bits per heavy atom. The molecule has 0 fully saturated rings. The highest BCUT2D eigenvalue weighted by Gasteiger charge is 2.16. The lowest BCUT2D eigenvalue weighted by Gasteiger charge is -2.08. The van der Waals surface area contributed by atoms with Gasteiger partial charge in [-0.3, -0.25) is 4.57 Å². The average Bonchev–Trinajstić information content (AvgIpc) is 3.73. The molecule has 0 unspecified atom stereocenters. The van der Waals surface area contributed by atoms with E-state index < -0.39 is 0 Å². The van der Waals surface area contributed by atoms with Crippen LogP contribution in [0.1, 0.15) is 0 Å². The standard InChI is InChI=1S/C34H21N3OS2/c1-2-9-22(10-3-1)32-21-35-33(39-32)23-11-8-12-24(19-23)38-25-17-18-27-26-13-4-6-15-29(26)37(30(27)20-25)34-36-28-14-5-7-16-31(28)40-34/h1-21H. The van der Waals surface area contributed by atoms with Gasteiger partial charge in [0.1, 0.15) is 16.5 Å². The Hall–Kier alpha value is -4.78. The zero-order valence-electron chi connectivity index (χ0n) is 21.2. The van der Waals surface area contributed by atoms with Crippen molar-refractivity contribution in [1.29, 1.82) is 0 Å². The fraction of sp³-hybridized carbons (Fsp3) is 0. The number of rotatable bonds is 5. The van der Waals surface area contributed by atoms with Crippen LogP contribution in [0.25, 0.3) is 58.2 Å². The first-order valence-corrected chi connectivity index (χ1v) is 14.6. The number of hydrogen-bond acceptors (Lipinski definition) is 5. The van der Waals surface area contributed by atoms with E-state index in [2.05, 4.69) is 95.6 Å². The Morgan fingerprint density at radius 3 is 2.30 bits per heavy atom. The highest BCUT2D eigenvalue weighted by molar-refractivity contribution is 7.20. The maximum Gasteiger partial charge on any atom is 0.195 e. The van der Waals surface area contributed by atoms with Gasteiger partial charge in [-0.1, -0.05) is 84.1 Å². The van der Waals surface area contributed by atoms with Gasteiger partial charge >= 0.3 is 0 Å². The summed E-state index contributed by atoms with van der Waals surface area (Å²) in [5.41, 5.74) is 5.43. The van der Waals surface area contributed by atoms with E-state index in [-0.39, 0.29) is 0 Å². The van der Waals surface area contributed by atoms with Crippen molar-refractivity contribution < 1.29 is 4.74 Å². The molecule has 0 saturated carbocycles. The molecular formula is C34H21N3OS2. The first-order chi connectivity index (χ1) is 19.8. The molecule has 8 aromatic rings. The van der Waals surface area contributed by atoms with Crippen LogP contribution in [0.2, 0.25) is 0 Å². The molecule has 0 aliphatic carbocycles. The number of hydrogen-bond donors (Lipinski definition) is 0. The lowest BCUT2D eigenvalue weighted by Crippen LogP contribution is -1.93. The fourth-order valence-corrected chi connectivity index (χ4v) is 7.06. The number of benzene rings is 5. The molecule has 0 aliphatic rings. The van der Waals surface area contributed by atoms with Gasteiger partial charge in [-0.05, 0) is 48.0 Å². The summed E-state index contributed by atoms with van der Waals surface area (Å²) >= 11 is 3.38. The van der Waals surface area contributed by atoms with Gasteiger partial charge in [0.15, 0.2) is 5.13 Å². The van der Waals surface area contributed by atoms with E-state index in [1.165, 1.54) is 21.0 Å².